The Bertz CT molecular complexity index is 894. The molecule has 1 aliphatic heterocycles. The van der Waals surface area contributed by atoms with Crippen molar-refractivity contribution in [1.29, 1.82) is 0 Å². The average Bonchev–Trinajstić information content (AvgIpc) is 2.83. The summed E-state index contributed by atoms with van der Waals surface area (Å²) in [6.07, 6.45) is 4.85. The SMILES string of the molecule is CCCO[C@@H]1[C@@H](OC)[C@H](C)O[C@@H](O/N=C/c2ccc(/C=C/c3ccc(C)cc3)cc2)[C@@H]1OC. The van der Waals surface area contributed by atoms with Crippen LogP contribution in [0.5, 0.6) is 0 Å². The number of benzene rings is 2. The molecule has 0 bridgehead atoms. The van der Waals surface area contributed by atoms with Crippen LogP contribution in [0.2, 0.25) is 0 Å². The Hall–Kier alpha value is -2.51. The molecule has 6 nitrogen and oxygen atoms in total. The van der Waals surface area contributed by atoms with Crippen LogP contribution < -0.4 is 0 Å². The first-order valence-corrected chi connectivity index (χ1v) is 11.4. The molecule has 1 aliphatic rings. The average molecular weight is 454 g/mol. The lowest BCUT2D eigenvalue weighted by atomic mass is 9.99. The molecule has 0 unspecified atom stereocenters. The Kier molecular flexibility index (Phi) is 9.63. The minimum Gasteiger partial charge on any atom is -0.376 e. The van der Waals surface area contributed by atoms with Gasteiger partial charge in [-0.05, 0) is 37.0 Å². The zero-order valence-corrected chi connectivity index (χ0v) is 20.1. The molecule has 0 saturated carbocycles. The van der Waals surface area contributed by atoms with Gasteiger partial charge in [-0.2, -0.15) is 0 Å². The van der Waals surface area contributed by atoms with Crippen LogP contribution in [0.15, 0.2) is 53.7 Å². The highest BCUT2D eigenvalue weighted by molar-refractivity contribution is 5.80. The molecular weight excluding hydrogens is 418 g/mol. The highest BCUT2D eigenvalue weighted by atomic mass is 16.8. The van der Waals surface area contributed by atoms with Crippen LogP contribution in [0.25, 0.3) is 12.2 Å². The molecule has 0 N–H and O–H groups in total. The van der Waals surface area contributed by atoms with Crippen molar-refractivity contribution in [3.05, 3.63) is 70.8 Å². The highest BCUT2D eigenvalue weighted by Gasteiger charge is 2.47. The van der Waals surface area contributed by atoms with Gasteiger partial charge < -0.3 is 23.8 Å². The summed E-state index contributed by atoms with van der Waals surface area (Å²) in [6, 6.07) is 16.5. The molecule has 33 heavy (non-hydrogen) atoms. The Labute approximate surface area is 197 Å². The zero-order valence-electron chi connectivity index (χ0n) is 20.1. The van der Waals surface area contributed by atoms with E-state index in [0.29, 0.717) is 6.61 Å². The van der Waals surface area contributed by atoms with E-state index in [1.54, 1.807) is 20.4 Å². The van der Waals surface area contributed by atoms with Crippen molar-refractivity contribution in [2.45, 2.75) is 57.9 Å². The minimum absolute atomic E-state index is 0.219. The third-order valence-electron chi connectivity index (χ3n) is 5.63. The fourth-order valence-electron chi connectivity index (χ4n) is 3.79. The molecule has 0 aromatic heterocycles. The van der Waals surface area contributed by atoms with E-state index in [1.807, 2.05) is 31.2 Å². The van der Waals surface area contributed by atoms with Gasteiger partial charge in [-0.25, -0.2) is 0 Å². The van der Waals surface area contributed by atoms with Crippen molar-refractivity contribution in [3.63, 3.8) is 0 Å². The number of methoxy groups -OCH3 is 2. The summed E-state index contributed by atoms with van der Waals surface area (Å²) >= 11 is 0. The van der Waals surface area contributed by atoms with E-state index in [0.717, 1.165) is 17.5 Å². The maximum absolute atomic E-state index is 6.01. The van der Waals surface area contributed by atoms with E-state index in [2.05, 4.69) is 55.4 Å². The van der Waals surface area contributed by atoms with Crippen LogP contribution >= 0.6 is 0 Å². The predicted octanol–water partition coefficient (Wildman–Crippen LogP) is 5.09. The van der Waals surface area contributed by atoms with Gasteiger partial charge in [-0.3, -0.25) is 0 Å². The summed E-state index contributed by atoms with van der Waals surface area (Å²) in [7, 11) is 3.26. The lowest BCUT2D eigenvalue weighted by Gasteiger charge is -2.42. The number of aryl methyl sites for hydroxylation is 1. The van der Waals surface area contributed by atoms with Crippen LogP contribution in [-0.2, 0) is 23.8 Å². The Morgan fingerprint density at radius 3 is 2.00 bits per heavy atom. The summed E-state index contributed by atoms with van der Waals surface area (Å²) < 4.78 is 23.2. The fourth-order valence-corrected chi connectivity index (χ4v) is 3.79. The standard InChI is InChI=1S/C27H35NO5/c1-6-17-31-25-24(29-4)20(3)32-27(26(25)30-5)33-28-18-23-15-13-22(14-16-23)12-11-21-9-7-19(2)8-10-21/h7-16,18,20,24-27H,6,17H2,1-5H3/b12-11+,28-18+/t20-,24-,25+,26+,27-/m0/s1. The van der Waals surface area contributed by atoms with Crippen molar-refractivity contribution in [2.24, 2.45) is 5.16 Å². The molecule has 1 saturated heterocycles. The number of nitrogens with zero attached hydrogens (tertiary/aromatic N) is 1. The lowest BCUT2D eigenvalue weighted by molar-refractivity contribution is -0.308. The fraction of sp³-hybridized carbons (Fsp3) is 0.444. The minimum atomic E-state index is -0.689. The number of hydrogen-bond acceptors (Lipinski definition) is 6. The summed E-state index contributed by atoms with van der Waals surface area (Å²) in [5.41, 5.74) is 4.46. The molecule has 5 atom stereocenters. The monoisotopic (exact) mass is 453 g/mol. The van der Waals surface area contributed by atoms with E-state index in [9.17, 15) is 0 Å². The normalized spacial score (nSPS) is 25.7. The van der Waals surface area contributed by atoms with Gasteiger partial charge in [0, 0.05) is 20.8 Å². The first-order valence-electron chi connectivity index (χ1n) is 11.4. The van der Waals surface area contributed by atoms with Crippen LogP contribution in [0.1, 0.15) is 42.5 Å². The van der Waals surface area contributed by atoms with Gasteiger partial charge in [0.1, 0.15) is 12.2 Å². The second kappa shape index (κ2) is 12.7. The first kappa shape index (κ1) is 25.1. The summed E-state index contributed by atoms with van der Waals surface area (Å²) in [5, 5.41) is 4.15. The Morgan fingerprint density at radius 1 is 0.848 bits per heavy atom. The molecular formula is C27H35NO5. The summed E-state index contributed by atoms with van der Waals surface area (Å²) in [4.78, 5) is 5.68. The van der Waals surface area contributed by atoms with Crippen molar-refractivity contribution in [2.75, 3.05) is 20.8 Å². The molecule has 2 aromatic rings. The zero-order chi connectivity index (χ0) is 23.6. The van der Waals surface area contributed by atoms with Crippen LogP contribution in [0.3, 0.4) is 0 Å². The Morgan fingerprint density at radius 2 is 1.42 bits per heavy atom. The van der Waals surface area contributed by atoms with Gasteiger partial charge >= 0.3 is 0 Å². The third-order valence-corrected chi connectivity index (χ3v) is 5.63. The molecule has 0 amide bonds. The second-order valence-corrected chi connectivity index (χ2v) is 8.20. The lowest BCUT2D eigenvalue weighted by Crippen LogP contribution is -2.59. The maximum Gasteiger partial charge on any atom is 0.256 e. The van der Waals surface area contributed by atoms with Crippen LogP contribution in [-0.4, -0.2) is 57.7 Å². The molecule has 6 heteroatoms. The van der Waals surface area contributed by atoms with Gasteiger partial charge in [0.15, 0.2) is 6.10 Å². The largest absolute Gasteiger partial charge is 0.376 e. The van der Waals surface area contributed by atoms with E-state index in [1.165, 1.54) is 11.1 Å². The molecule has 178 valence electrons. The summed E-state index contributed by atoms with van der Waals surface area (Å²) in [5.74, 6) is 0. The van der Waals surface area contributed by atoms with E-state index < -0.39 is 12.4 Å². The molecule has 1 heterocycles. The molecule has 3 rings (SSSR count). The number of hydrogen-bond donors (Lipinski definition) is 0. The predicted molar refractivity (Wildman–Crippen MR) is 131 cm³/mol. The molecule has 0 aliphatic carbocycles. The highest BCUT2D eigenvalue weighted by Crippen LogP contribution is 2.28. The van der Waals surface area contributed by atoms with Gasteiger partial charge in [0.2, 0.25) is 0 Å². The number of ether oxygens (including phenoxy) is 4. The molecule has 2 aromatic carbocycles. The van der Waals surface area contributed by atoms with Gasteiger partial charge in [-0.15, -0.1) is 0 Å². The summed E-state index contributed by atoms with van der Waals surface area (Å²) in [6.45, 7) is 6.69. The maximum atomic E-state index is 6.01. The quantitative estimate of drug-likeness (QED) is 0.285. The first-order chi connectivity index (χ1) is 16.0. The Balaban J connectivity index is 1.60. The van der Waals surface area contributed by atoms with Gasteiger partial charge in [-0.1, -0.05) is 78.3 Å². The second-order valence-electron chi connectivity index (χ2n) is 8.20. The van der Waals surface area contributed by atoms with E-state index in [4.69, 9.17) is 23.8 Å². The van der Waals surface area contributed by atoms with E-state index in [-0.39, 0.29) is 18.3 Å². The van der Waals surface area contributed by atoms with Crippen LogP contribution in [0.4, 0.5) is 0 Å². The number of rotatable bonds is 10. The molecule has 0 radical (unpaired) electrons. The van der Waals surface area contributed by atoms with Crippen molar-refractivity contribution < 1.29 is 23.8 Å². The topological polar surface area (TPSA) is 58.5 Å². The van der Waals surface area contributed by atoms with E-state index >= 15 is 0 Å². The number of oxime groups is 1. The molecule has 1 fully saturated rings. The third kappa shape index (κ3) is 6.98. The van der Waals surface area contributed by atoms with Gasteiger partial charge in [0.25, 0.3) is 6.29 Å². The smallest absolute Gasteiger partial charge is 0.256 e. The van der Waals surface area contributed by atoms with Crippen molar-refractivity contribution in [3.8, 4) is 0 Å². The van der Waals surface area contributed by atoms with Crippen LogP contribution in [0, 0.1) is 6.92 Å². The van der Waals surface area contributed by atoms with Gasteiger partial charge in [0.05, 0.1) is 12.3 Å². The van der Waals surface area contributed by atoms with Crippen molar-refractivity contribution in [1.82, 2.24) is 0 Å². The molecule has 0 spiro atoms. The van der Waals surface area contributed by atoms with Crippen molar-refractivity contribution >= 4 is 18.4 Å².